The molecule has 150 valence electrons. The van der Waals surface area contributed by atoms with E-state index in [0.717, 1.165) is 50.2 Å². The zero-order chi connectivity index (χ0) is 20.2. The Labute approximate surface area is 174 Å². The number of amides is 1. The second-order valence-corrected chi connectivity index (χ2v) is 8.36. The fourth-order valence-electron chi connectivity index (χ4n) is 3.89. The van der Waals surface area contributed by atoms with Crippen LogP contribution in [0.3, 0.4) is 0 Å². The number of hydrogen-bond acceptors (Lipinski definition) is 5. The number of fused-ring (bicyclic) bond motifs is 1. The number of hydrogen-bond donors (Lipinski definition) is 0. The predicted molar refractivity (Wildman–Crippen MR) is 112 cm³/mol. The first-order valence-corrected chi connectivity index (χ1v) is 11.0. The number of aromatic nitrogens is 1. The van der Waals surface area contributed by atoms with Gasteiger partial charge in [0.1, 0.15) is 16.9 Å². The first-order chi connectivity index (χ1) is 14.1. The number of halogens is 1. The SMILES string of the molecule is N#Cc1cc2c(nc1SCC(=O)N1CCN(c3ccc(F)cc3)CC1)CCCC2. The fourth-order valence-corrected chi connectivity index (χ4v) is 4.77. The third-order valence-corrected chi connectivity index (χ3v) is 6.52. The molecule has 1 aromatic heterocycles. The topological polar surface area (TPSA) is 60.2 Å². The standard InChI is InChI=1S/C22H23FN4OS/c23-18-5-7-19(8-6-18)26-9-11-27(12-10-26)21(28)15-29-22-17(14-24)13-16-3-1-2-4-20(16)25-22/h5-8,13H,1-4,9-12,15H2. The van der Waals surface area contributed by atoms with Crippen molar-refractivity contribution in [3.05, 3.63) is 53.0 Å². The van der Waals surface area contributed by atoms with Crippen molar-refractivity contribution in [1.29, 1.82) is 5.26 Å². The molecule has 4 rings (SSSR count). The summed E-state index contributed by atoms with van der Waals surface area (Å²) in [6, 6.07) is 10.7. The second kappa shape index (κ2) is 8.83. The molecule has 1 amide bonds. The van der Waals surface area contributed by atoms with E-state index in [1.165, 1.54) is 29.5 Å². The highest BCUT2D eigenvalue weighted by atomic mass is 32.2. The van der Waals surface area contributed by atoms with Gasteiger partial charge in [0.2, 0.25) is 5.91 Å². The van der Waals surface area contributed by atoms with Gasteiger partial charge in [-0.05, 0) is 61.6 Å². The highest BCUT2D eigenvalue weighted by molar-refractivity contribution is 8.00. The van der Waals surface area contributed by atoms with Crippen LogP contribution in [0.1, 0.15) is 29.7 Å². The fraction of sp³-hybridized carbons (Fsp3) is 0.409. The smallest absolute Gasteiger partial charge is 0.233 e. The maximum Gasteiger partial charge on any atom is 0.233 e. The maximum absolute atomic E-state index is 13.1. The van der Waals surface area contributed by atoms with Gasteiger partial charge in [0.25, 0.3) is 0 Å². The number of carbonyl (C=O) groups is 1. The Kier molecular flexibility index (Phi) is 6.00. The normalized spacial score (nSPS) is 16.3. The summed E-state index contributed by atoms with van der Waals surface area (Å²) in [6.07, 6.45) is 4.22. The monoisotopic (exact) mass is 410 g/mol. The van der Waals surface area contributed by atoms with E-state index in [0.29, 0.717) is 23.7 Å². The Balaban J connectivity index is 1.34. The van der Waals surface area contributed by atoms with Crippen molar-refractivity contribution in [3.8, 4) is 6.07 Å². The van der Waals surface area contributed by atoms with E-state index in [1.807, 2.05) is 11.0 Å². The molecule has 0 spiro atoms. The molecule has 29 heavy (non-hydrogen) atoms. The molecule has 1 fully saturated rings. The second-order valence-electron chi connectivity index (χ2n) is 7.40. The third-order valence-electron chi connectivity index (χ3n) is 5.54. The Hall–Kier alpha value is -2.59. The summed E-state index contributed by atoms with van der Waals surface area (Å²) in [4.78, 5) is 21.4. The summed E-state index contributed by atoms with van der Waals surface area (Å²) in [5.74, 6) is 0.112. The number of anilines is 1. The van der Waals surface area contributed by atoms with Gasteiger partial charge in [-0.25, -0.2) is 9.37 Å². The first-order valence-electron chi connectivity index (χ1n) is 9.98. The lowest BCUT2D eigenvalue weighted by molar-refractivity contribution is -0.128. The van der Waals surface area contributed by atoms with Crippen molar-refractivity contribution in [3.63, 3.8) is 0 Å². The minimum Gasteiger partial charge on any atom is -0.368 e. The number of pyridine rings is 1. The lowest BCUT2D eigenvalue weighted by Gasteiger charge is -2.36. The Morgan fingerprint density at radius 3 is 2.59 bits per heavy atom. The van der Waals surface area contributed by atoms with Gasteiger partial charge in [-0.15, -0.1) is 0 Å². The Morgan fingerprint density at radius 2 is 1.86 bits per heavy atom. The molecule has 0 N–H and O–H groups in total. The summed E-state index contributed by atoms with van der Waals surface area (Å²) in [5.41, 5.74) is 3.81. The van der Waals surface area contributed by atoms with Gasteiger partial charge in [0.05, 0.1) is 11.3 Å². The van der Waals surface area contributed by atoms with Crippen molar-refractivity contribution >= 4 is 23.4 Å². The number of benzene rings is 1. The minimum atomic E-state index is -0.243. The summed E-state index contributed by atoms with van der Waals surface area (Å²) in [6.45, 7) is 2.73. The van der Waals surface area contributed by atoms with E-state index in [1.54, 1.807) is 12.1 Å². The van der Waals surface area contributed by atoms with Crippen molar-refractivity contribution in [1.82, 2.24) is 9.88 Å². The lowest BCUT2D eigenvalue weighted by Crippen LogP contribution is -2.49. The molecular weight excluding hydrogens is 387 g/mol. The molecule has 2 heterocycles. The molecular formula is C22H23FN4OS. The van der Waals surface area contributed by atoms with Crippen LogP contribution in [-0.2, 0) is 17.6 Å². The van der Waals surface area contributed by atoms with Gasteiger partial charge in [0.15, 0.2) is 0 Å². The van der Waals surface area contributed by atoms with Gasteiger partial charge in [0, 0.05) is 37.6 Å². The summed E-state index contributed by atoms with van der Waals surface area (Å²) in [5, 5.41) is 10.1. The molecule has 7 heteroatoms. The molecule has 0 atom stereocenters. The van der Waals surface area contributed by atoms with Crippen LogP contribution in [-0.4, -0.2) is 47.7 Å². The van der Waals surface area contributed by atoms with Gasteiger partial charge < -0.3 is 9.80 Å². The highest BCUT2D eigenvalue weighted by Crippen LogP contribution is 2.27. The van der Waals surface area contributed by atoms with Crippen molar-refractivity contribution in [2.75, 3.05) is 36.8 Å². The molecule has 0 bridgehead atoms. The number of nitriles is 1. The van der Waals surface area contributed by atoms with Crippen LogP contribution in [0.4, 0.5) is 10.1 Å². The number of rotatable bonds is 4. The molecule has 5 nitrogen and oxygen atoms in total. The van der Waals surface area contributed by atoms with Crippen LogP contribution in [0.5, 0.6) is 0 Å². The number of aryl methyl sites for hydroxylation is 2. The Morgan fingerprint density at radius 1 is 1.14 bits per heavy atom. The van der Waals surface area contributed by atoms with E-state index in [2.05, 4.69) is 11.0 Å². The number of carbonyl (C=O) groups excluding carboxylic acids is 1. The van der Waals surface area contributed by atoms with Crippen LogP contribution in [0, 0.1) is 17.1 Å². The zero-order valence-electron chi connectivity index (χ0n) is 16.2. The zero-order valence-corrected chi connectivity index (χ0v) is 17.1. The van der Waals surface area contributed by atoms with Crippen LogP contribution >= 0.6 is 11.8 Å². The molecule has 0 saturated carbocycles. The quantitative estimate of drug-likeness (QED) is 0.723. The molecule has 1 aliphatic heterocycles. The number of piperazine rings is 1. The molecule has 2 aromatic rings. The van der Waals surface area contributed by atoms with Gasteiger partial charge >= 0.3 is 0 Å². The van der Waals surface area contributed by atoms with E-state index < -0.39 is 0 Å². The molecule has 1 saturated heterocycles. The Bertz CT molecular complexity index is 933. The summed E-state index contributed by atoms with van der Waals surface area (Å²) >= 11 is 1.36. The van der Waals surface area contributed by atoms with E-state index in [4.69, 9.17) is 4.98 Å². The average Bonchev–Trinajstić information content (AvgIpc) is 2.77. The summed E-state index contributed by atoms with van der Waals surface area (Å²) in [7, 11) is 0. The van der Waals surface area contributed by atoms with Crippen LogP contribution in [0.15, 0.2) is 35.4 Å². The van der Waals surface area contributed by atoms with Gasteiger partial charge in [-0.2, -0.15) is 5.26 Å². The first kappa shape index (κ1) is 19.7. The molecule has 0 unspecified atom stereocenters. The lowest BCUT2D eigenvalue weighted by atomic mass is 9.95. The van der Waals surface area contributed by atoms with Crippen LogP contribution < -0.4 is 4.90 Å². The van der Waals surface area contributed by atoms with Crippen molar-refractivity contribution in [2.24, 2.45) is 0 Å². The average molecular weight is 411 g/mol. The third kappa shape index (κ3) is 4.54. The summed E-state index contributed by atoms with van der Waals surface area (Å²) < 4.78 is 13.1. The van der Waals surface area contributed by atoms with Crippen molar-refractivity contribution < 1.29 is 9.18 Å². The molecule has 1 aliphatic carbocycles. The largest absolute Gasteiger partial charge is 0.368 e. The molecule has 0 radical (unpaired) electrons. The van der Waals surface area contributed by atoms with Crippen LogP contribution in [0.2, 0.25) is 0 Å². The predicted octanol–water partition coefficient (Wildman–Crippen LogP) is 3.41. The van der Waals surface area contributed by atoms with Crippen molar-refractivity contribution in [2.45, 2.75) is 30.7 Å². The number of thioether (sulfide) groups is 1. The van der Waals surface area contributed by atoms with Gasteiger partial charge in [-0.1, -0.05) is 11.8 Å². The van der Waals surface area contributed by atoms with E-state index in [9.17, 15) is 14.4 Å². The maximum atomic E-state index is 13.1. The number of nitrogens with zero attached hydrogens (tertiary/aromatic N) is 4. The van der Waals surface area contributed by atoms with E-state index >= 15 is 0 Å². The van der Waals surface area contributed by atoms with Crippen LogP contribution in [0.25, 0.3) is 0 Å². The molecule has 2 aliphatic rings. The van der Waals surface area contributed by atoms with Gasteiger partial charge in [-0.3, -0.25) is 4.79 Å². The van der Waals surface area contributed by atoms with E-state index in [-0.39, 0.29) is 17.5 Å². The minimum absolute atomic E-state index is 0.0668. The highest BCUT2D eigenvalue weighted by Gasteiger charge is 2.22. The molecule has 1 aromatic carbocycles.